The Morgan fingerprint density at radius 1 is 1.53 bits per heavy atom. The predicted molar refractivity (Wildman–Crippen MR) is 74.9 cm³/mol. The standard InChI is InChI=1S/C13H19N3O3/c1-14-11-6-3-7-12(13(11)16(17)18)15-8-4-5-10(9-15)19-2/h3,6-7,10,14H,4-5,8-9H2,1-2H3. The summed E-state index contributed by atoms with van der Waals surface area (Å²) < 4.78 is 5.37. The molecule has 6 heteroatoms. The lowest BCUT2D eigenvalue weighted by molar-refractivity contribution is -0.383. The van der Waals surface area contributed by atoms with Gasteiger partial charge < -0.3 is 15.0 Å². The maximum atomic E-state index is 11.3. The number of piperidine rings is 1. The molecule has 1 N–H and O–H groups in total. The average Bonchev–Trinajstić information content (AvgIpc) is 2.46. The van der Waals surface area contributed by atoms with Crippen LogP contribution >= 0.6 is 0 Å². The first-order valence-corrected chi connectivity index (χ1v) is 6.40. The molecule has 1 atom stereocenters. The van der Waals surface area contributed by atoms with Crippen molar-refractivity contribution < 1.29 is 9.66 Å². The minimum atomic E-state index is -0.322. The Balaban J connectivity index is 2.35. The van der Waals surface area contributed by atoms with Crippen LogP contribution in [-0.2, 0) is 4.74 Å². The number of nitrogens with zero attached hydrogens (tertiary/aromatic N) is 2. The van der Waals surface area contributed by atoms with E-state index in [1.54, 1.807) is 26.3 Å². The lowest BCUT2D eigenvalue weighted by atomic mass is 10.1. The number of anilines is 2. The topological polar surface area (TPSA) is 67.6 Å². The molecule has 0 radical (unpaired) electrons. The second-order valence-electron chi connectivity index (χ2n) is 4.63. The zero-order chi connectivity index (χ0) is 13.8. The molecule has 104 valence electrons. The highest BCUT2D eigenvalue weighted by Gasteiger charge is 2.27. The van der Waals surface area contributed by atoms with Crippen LogP contribution < -0.4 is 10.2 Å². The average molecular weight is 265 g/mol. The number of nitrogens with one attached hydrogen (secondary N) is 1. The number of nitro groups is 1. The van der Waals surface area contributed by atoms with Crippen LogP contribution in [0.3, 0.4) is 0 Å². The van der Waals surface area contributed by atoms with Crippen molar-refractivity contribution in [2.24, 2.45) is 0 Å². The number of ether oxygens (including phenoxy) is 1. The summed E-state index contributed by atoms with van der Waals surface area (Å²) in [5.74, 6) is 0. The van der Waals surface area contributed by atoms with Crippen molar-refractivity contribution >= 4 is 17.1 Å². The lowest BCUT2D eigenvalue weighted by Gasteiger charge is -2.33. The number of methoxy groups -OCH3 is 1. The molecule has 0 spiro atoms. The predicted octanol–water partition coefficient (Wildman–Crippen LogP) is 2.25. The van der Waals surface area contributed by atoms with E-state index < -0.39 is 0 Å². The van der Waals surface area contributed by atoms with Crippen LogP contribution in [0.25, 0.3) is 0 Å². The van der Waals surface area contributed by atoms with Crippen LogP contribution in [0.15, 0.2) is 18.2 Å². The number of para-hydroxylation sites is 1. The molecule has 1 aromatic carbocycles. The fraction of sp³-hybridized carbons (Fsp3) is 0.538. The Morgan fingerprint density at radius 3 is 2.95 bits per heavy atom. The molecule has 1 unspecified atom stereocenters. The van der Waals surface area contributed by atoms with Gasteiger partial charge in [-0.3, -0.25) is 10.1 Å². The van der Waals surface area contributed by atoms with Crippen molar-refractivity contribution in [1.82, 2.24) is 0 Å². The highest BCUT2D eigenvalue weighted by atomic mass is 16.6. The van der Waals surface area contributed by atoms with Gasteiger partial charge in [-0.1, -0.05) is 6.07 Å². The molecule has 2 rings (SSSR count). The zero-order valence-electron chi connectivity index (χ0n) is 11.3. The first-order chi connectivity index (χ1) is 9.17. The van der Waals surface area contributed by atoms with Crippen LogP contribution in [0.5, 0.6) is 0 Å². The zero-order valence-corrected chi connectivity index (χ0v) is 11.3. The number of nitro benzene ring substituents is 1. The molecule has 0 saturated carbocycles. The number of benzene rings is 1. The molecule has 0 amide bonds. The van der Waals surface area contributed by atoms with Crippen molar-refractivity contribution in [3.8, 4) is 0 Å². The highest BCUT2D eigenvalue weighted by Crippen LogP contribution is 2.36. The number of rotatable bonds is 4. The molecular formula is C13H19N3O3. The first-order valence-electron chi connectivity index (χ1n) is 6.40. The van der Waals surface area contributed by atoms with Gasteiger partial charge in [-0.25, -0.2) is 0 Å². The number of hydrogen-bond acceptors (Lipinski definition) is 5. The van der Waals surface area contributed by atoms with Gasteiger partial charge in [0.25, 0.3) is 0 Å². The van der Waals surface area contributed by atoms with Gasteiger partial charge in [-0.05, 0) is 25.0 Å². The van der Waals surface area contributed by atoms with E-state index in [2.05, 4.69) is 5.32 Å². The van der Waals surface area contributed by atoms with E-state index in [0.29, 0.717) is 17.9 Å². The highest BCUT2D eigenvalue weighted by molar-refractivity contribution is 5.77. The maximum Gasteiger partial charge on any atom is 0.315 e. The third-order valence-electron chi connectivity index (χ3n) is 3.52. The van der Waals surface area contributed by atoms with Crippen LogP contribution in [0.1, 0.15) is 12.8 Å². The molecule has 1 heterocycles. The van der Waals surface area contributed by atoms with Crippen molar-refractivity contribution in [2.75, 3.05) is 37.5 Å². The molecule has 19 heavy (non-hydrogen) atoms. The van der Waals surface area contributed by atoms with Crippen LogP contribution in [0.2, 0.25) is 0 Å². The largest absolute Gasteiger partial charge is 0.382 e. The molecule has 0 bridgehead atoms. The summed E-state index contributed by atoms with van der Waals surface area (Å²) in [6.45, 7) is 1.53. The van der Waals surface area contributed by atoms with Crippen LogP contribution in [0.4, 0.5) is 17.1 Å². The van der Waals surface area contributed by atoms with E-state index in [0.717, 1.165) is 19.4 Å². The maximum absolute atomic E-state index is 11.3. The molecule has 1 aliphatic rings. The minimum Gasteiger partial charge on any atom is -0.382 e. The Labute approximate surface area is 112 Å². The van der Waals surface area contributed by atoms with Crippen LogP contribution in [0, 0.1) is 10.1 Å². The van der Waals surface area contributed by atoms with Gasteiger partial charge >= 0.3 is 5.69 Å². The smallest absolute Gasteiger partial charge is 0.315 e. The van der Waals surface area contributed by atoms with Crippen molar-refractivity contribution in [3.63, 3.8) is 0 Å². The summed E-state index contributed by atoms with van der Waals surface area (Å²) in [5, 5.41) is 14.2. The van der Waals surface area contributed by atoms with E-state index >= 15 is 0 Å². The van der Waals surface area contributed by atoms with Gasteiger partial charge in [-0.2, -0.15) is 0 Å². The summed E-state index contributed by atoms with van der Waals surface area (Å²) in [4.78, 5) is 13.0. The van der Waals surface area contributed by atoms with Crippen molar-refractivity contribution in [2.45, 2.75) is 18.9 Å². The number of hydrogen-bond donors (Lipinski definition) is 1. The first kappa shape index (κ1) is 13.6. The monoisotopic (exact) mass is 265 g/mol. The molecular weight excluding hydrogens is 246 g/mol. The molecule has 1 saturated heterocycles. The summed E-state index contributed by atoms with van der Waals surface area (Å²) in [7, 11) is 3.38. The summed E-state index contributed by atoms with van der Waals surface area (Å²) in [6.07, 6.45) is 2.14. The lowest BCUT2D eigenvalue weighted by Crippen LogP contribution is -2.39. The Bertz CT molecular complexity index is 464. The van der Waals surface area contributed by atoms with E-state index in [-0.39, 0.29) is 16.7 Å². The molecule has 6 nitrogen and oxygen atoms in total. The van der Waals surface area contributed by atoms with E-state index in [9.17, 15) is 10.1 Å². The van der Waals surface area contributed by atoms with Gasteiger partial charge in [0.1, 0.15) is 11.4 Å². The van der Waals surface area contributed by atoms with Gasteiger partial charge in [0, 0.05) is 27.2 Å². The van der Waals surface area contributed by atoms with Crippen molar-refractivity contribution in [1.29, 1.82) is 0 Å². The third-order valence-corrected chi connectivity index (χ3v) is 3.52. The Morgan fingerprint density at radius 2 is 2.32 bits per heavy atom. The Kier molecular flexibility index (Phi) is 4.21. The Hall–Kier alpha value is -1.82. The van der Waals surface area contributed by atoms with Gasteiger partial charge in [-0.15, -0.1) is 0 Å². The van der Waals surface area contributed by atoms with Crippen molar-refractivity contribution in [3.05, 3.63) is 28.3 Å². The molecule has 1 aromatic rings. The van der Waals surface area contributed by atoms with Gasteiger partial charge in [0.15, 0.2) is 0 Å². The minimum absolute atomic E-state index is 0.141. The second-order valence-corrected chi connectivity index (χ2v) is 4.63. The van der Waals surface area contributed by atoms with Gasteiger partial charge in [0.2, 0.25) is 0 Å². The molecule has 0 aliphatic carbocycles. The summed E-state index contributed by atoms with van der Waals surface area (Å²) >= 11 is 0. The fourth-order valence-electron chi connectivity index (χ4n) is 2.53. The molecule has 0 aromatic heterocycles. The van der Waals surface area contributed by atoms with E-state index in [4.69, 9.17) is 4.74 Å². The second kappa shape index (κ2) is 5.88. The third kappa shape index (κ3) is 2.78. The fourth-order valence-corrected chi connectivity index (χ4v) is 2.53. The van der Waals surface area contributed by atoms with E-state index in [1.165, 1.54) is 0 Å². The summed E-state index contributed by atoms with van der Waals surface area (Å²) in [5.41, 5.74) is 1.35. The normalized spacial score (nSPS) is 19.3. The molecule has 1 fully saturated rings. The summed E-state index contributed by atoms with van der Waals surface area (Å²) in [6, 6.07) is 5.36. The van der Waals surface area contributed by atoms with Crippen LogP contribution in [-0.4, -0.2) is 38.3 Å². The molecule has 1 aliphatic heterocycles. The van der Waals surface area contributed by atoms with Gasteiger partial charge in [0.05, 0.1) is 11.0 Å². The van der Waals surface area contributed by atoms with E-state index in [1.807, 2.05) is 11.0 Å². The quantitative estimate of drug-likeness (QED) is 0.668. The SMILES string of the molecule is CNc1cccc(N2CCCC(OC)C2)c1[N+](=O)[O-].